The number of carboxylic acid groups (broad SMARTS) is 1. The van der Waals surface area contributed by atoms with E-state index >= 15 is 0 Å². The fourth-order valence-corrected chi connectivity index (χ4v) is 1.50. The van der Waals surface area contributed by atoms with E-state index in [2.05, 4.69) is 0 Å². The zero-order chi connectivity index (χ0) is 14.3. The minimum atomic E-state index is -0.910. The molecular formula is C13H25NO4. The van der Waals surface area contributed by atoms with Crippen LogP contribution in [0.3, 0.4) is 0 Å². The molecule has 0 heterocycles. The Labute approximate surface area is 109 Å². The van der Waals surface area contributed by atoms with E-state index in [1.54, 1.807) is 27.7 Å². The third-order valence-corrected chi connectivity index (χ3v) is 2.38. The summed E-state index contributed by atoms with van der Waals surface area (Å²) in [7, 11) is 0. The molecule has 18 heavy (non-hydrogen) atoms. The predicted octanol–water partition coefficient (Wildman–Crippen LogP) is 2.89. The molecule has 0 rings (SSSR count). The van der Waals surface area contributed by atoms with E-state index in [1.807, 2.05) is 6.92 Å². The van der Waals surface area contributed by atoms with Gasteiger partial charge in [-0.1, -0.05) is 13.3 Å². The van der Waals surface area contributed by atoms with Crippen molar-refractivity contribution >= 4 is 12.1 Å². The van der Waals surface area contributed by atoms with Crippen molar-refractivity contribution in [3.8, 4) is 0 Å². The van der Waals surface area contributed by atoms with Crippen molar-refractivity contribution in [1.82, 2.24) is 4.90 Å². The molecule has 106 valence electrons. The van der Waals surface area contributed by atoms with Crippen LogP contribution < -0.4 is 0 Å². The lowest BCUT2D eigenvalue weighted by Gasteiger charge is -2.31. The van der Waals surface area contributed by atoms with Gasteiger partial charge >= 0.3 is 12.1 Å². The zero-order valence-corrected chi connectivity index (χ0v) is 12.0. The van der Waals surface area contributed by atoms with Crippen molar-refractivity contribution in [1.29, 1.82) is 0 Å². The van der Waals surface area contributed by atoms with Crippen molar-refractivity contribution in [2.24, 2.45) is 0 Å². The molecule has 5 heteroatoms. The van der Waals surface area contributed by atoms with E-state index in [0.29, 0.717) is 6.54 Å². The van der Waals surface area contributed by atoms with Gasteiger partial charge in [-0.05, 0) is 34.1 Å². The van der Waals surface area contributed by atoms with Crippen LogP contribution in [0.25, 0.3) is 0 Å². The zero-order valence-electron chi connectivity index (χ0n) is 12.0. The maximum absolute atomic E-state index is 12.0. The molecule has 0 aromatic carbocycles. The standard InChI is InChI=1S/C13H25NO4/c1-6-7-8-14(10(2)9-11(15)16)12(17)18-13(3,4)5/h10H,6-9H2,1-5H3,(H,15,16). The molecule has 0 aliphatic carbocycles. The van der Waals surface area contributed by atoms with Crippen LogP contribution in [0.15, 0.2) is 0 Å². The molecule has 1 amide bonds. The fourth-order valence-electron chi connectivity index (χ4n) is 1.50. The van der Waals surface area contributed by atoms with Crippen molar-refractivity contribution in [3.63, 3.8) is 0 Å². The monoisotopic (exact) mass is 259 g/mol. The summed E-state index contributed by atoms with van der Waals surface area (Å²) in [5, 5.41) is 8.79. The highest BCUT2D eigenvalue weighted by atomic mass is 16.6. The van der Waals surface area contributed by atoms with Gasteiger partial charge in [0.15, 0.2) is 0 Å². The summed E-state index contributed by atoms with van der Waals surface area (Å²) in [6, 6.07) is -0.358. The van der Waals surface area contributed by atoms with Crippen LogP contribution in [-0.4, -0.2) is 40.3 Å². The van der Waals surface area contributed by atoms with E-state index in [0.717, 1.165) is 12.8 Å². The van der Waals surface area contributed by atoms with E-state index in [4.69, 9.17) is 9.84 Å². The quantitative estimate of drug-likeness (QED) is 0.796. The molecule has 5 nitrogen and oxygen atoms in total. The van der Waals surface area contributed by atoms with E-state index in [1.165, 1.54) is 4.90 Å². The Morgan fingerprint density at radius 1 is 1.33 bits per heavy atom. The van der Waals surface area contributed by atoms with Gasteiger partial charge in [-0.15, -0.1) is 0 Å². The summed E-state index contributed by atoms with van der Waals surface area (Å²) in [5.41, 5.74) is -0.565. The largest absolute Gasteiger partial charge is 0.481 e. The summed E-state index contributed by atoms with van der Waals surface area (Å²) in [6.45, 7) is 9.67. The van der Waals surface area contributed by atoms with Gasteiger partial charge in [0.25, 0.3) is 0 Å². The molecule has 0 fully saturated rings. The molecule has 0 aliphatic rings. The fraction of sp³-hybridized carbons (Fsp3) is 0.846. The van der Waals surface area contributed by atoms with Crippen molar-refractivity contribution in [2.75, 3.05) is 6.54 Å². The highest BCUT2D eigenvalue weighted by Crippen LogP contribution is 2.14. The number of carbonyl (C=O) groups is 2. The number of carbonyl (C=O) groups excluding carboxylic acids is 1. The van der Waals surface area contributed by atoms with Crippen molar-refractivity contribution in [2.45, 2.75) is 65.5 Å². The first-order chi connectivity index (χ1) is 8.17. The van der Waals surface area contributed by atoms with Crippen molar-refractivity contribution < 1.29 is 19.4 Å². The minimum Gasteiger partial charge on any atom is -0.481 e. The first-order valence-electron chi connectivity index (χ1n) is 6.38. The Hall–Kier alpha value is -1.26. The Bertz CT molecular complexity index is 283. The second-order valence-corrected chi connectivity index (χ2v) is 5.47. The number of unbranched alkanes of at least 4 members (excludes halogenated alkanes) is 1. The molecule has 0 spiro atoms. The van der Waals surface area contributed by atoms with Gasteiger partial charge in [0.05, 0.1) is 6.42 Å². The maximum Gasteiger partial charge on any atom is 0.410 e. The molecular weight excluding hydrogens is 234 g/mol. The number of hydrogen-bond donors (Lipinski definition) is 1. The van der Waals surface area contributed by atoms with Crippen LogP contribution in [0, 0.1) is 0 Å². The number of ether oxygens (including phenoxy) is 1. The number of hydrogen-bond acceptors (Lipinski definition) is 3. The number of nitrogens with zero attached hydrogens (tertiary/aromatic N) is 1. The van der Waals surface area contributed by atoms with Crippen LogP contribution in [-0.2, 0) is 9.53 Å². The minimum absolute atomic E-state index is 0.0665. The van der Waals surface area contributed by atoms with Crippen LogP contribution in [0.1, 0.15) is 53.9 Å². The Morgan fingerprint density at radius 3 is 2.28 bits per heavy atom. The Morgan fingerprint density at radius 2 is 1.89 bits per heavy atom. The smallest absolute Gasteiger partial charge is 0.410 e. The molecule has 0 radical (unpaired) electrons. The average molecular weight is 259 g/mol. The number of carboxylic acids is 1. The van der Waals surface area contributed by atoms with Gasteiger partial charge in [-0.3, -0.25) is 4.79 Å². The first-order valence-corrected chi connectivity index (χ1v) is 6.38. The third-order valence-electron chi connectivity index (χ3n) is 2.38. The number of rotatable bonds is 6. The summed E-state index contributed by atoms with van der Waals surface area (Å²) in [4.78, 5) is 24.2. The van der Waals surface area contributed by atoms with E-state index in [9.17, 15) is 9.59 Å². The summed E-state index contributed by atoms with van der Waals surface area (Å²) < 4.78 is 5.29. The van der Waals surface area contributed by atoms with Crippen molar-refractivity contribution in [3.05, 3.63) is 0 Å². The topological polar surface area (TPSA) is 66.8 Å². The molecule has 0 aliphatic heterocycles. The Balaban J connectivity index is 4.65. The first kappa shape index (κ1) is 16.7. The summed E-state index contributed by atoms with van der Waals surface area (Å²) in [6.07, 6.45) is 1.27. The van der Waals surface area contributed by atoms with Gasteiger partial charge in [0.1, 0.15) is 5.60 Å². The average Bonchev–Trinajstić information content (AvgIpc) is 2.13. The molecule has 1 N–H and O–H groups in total. The molecule has 0 saturated heterocycles. The third kappa shape index (κ3) is 7.14. The van der Waals surface area contributed by atoms with E-state index in [-0.39, 0.29) is 12.5 Å². The van der Waals surface area contributed by atoms with Gasteiger partial charge in [0, 0.05) is 12.6 Å². The molecule has 1 atom stereocenters. The highest BCUT2D eigenvalue weighted by Gasteiger charge is 2.26. The molecule has 0 bridgehead atoms. The molecule has 0 saturated carbocycles. The van der Waals surface area contributed by atoms with Crippen LogP contribution in [0.4, 0.5) is 4.79 Å². The Kier molecular flexibility index (Phi) is 6.73. The molecule has 0 aromatic rings. The molecule has 0 aromatic heterocycles. The number of amides is 1. The van der Waals surface area contributed by atoms with Gasteiger partial charge in [0.2, 0.25) is 0 Å². The lowest BCUT2D eigenvalue weighted by Crippen LogP contribution is -2.43. The highest BCUT2D eigenvalue weighted by molar-refractivity contribution is 5.71. The second-order valence-electron chi connectivity index (χ2n) is 5.47. The SMILES string of the molecule is CCCCN(C(=O)OC(C)(C)C)C(C)CC(=O)O. The predicted molar refractivity (Wildman–Crippen MR) is 69.6 cm³/mol. The lowest BCUT2D eigenvalue weighted by atomic mass is 10.2. The summed E-state index contributed by atoms with van der Waals surface area (Å²) in [5.74, 6) is -0.910. The van der Waals surface area contributed by atoms with Gasteiger partial charge in [-0.25, -0.2) is 4.79 Å². The lowest BCUT2D eigenvalue weighted by molar-refractivity contribution is -0.138. The van der Waals surface area contributed by atoms with Crippen LogP contribution in [0.5, 0.6) is 0 Å². The normalized spacial score (nSPS) is 12.9. The van der Waals surface area contributed by atoms with E-state index < -0.39 is 17.7 Å². The van der Waals surface area contributed by atoms with Gasteiger partial charge in [-0.2, -0.15) is 0 Å². The van der Waals surface area contributed by atoms with Crippen LogP contribution >= 0.6 is 0 Å². The maximum atomic E-state index is 12.0. The summed E-state index contributed by atoms with van der Waals surface area (Å²) >= 11 is 0. The van der Waals surface area contributed by atoms with Crippen LogP contribution in [0.2, 0.25) is 0 Å². The molecule has 1 unspecified atom stereocenters. The van der Waals surface area contributed by atoms with Gasteiger partial charge < -0.3 is 14.7 Å². The number of aliphatic carboxylic acids is 1. The second kappa shape index (κ2) is 7.24.